The number of hydrogen-bond acceptors (Lipinski definition) is 6. The molecule has 22 heavy (non-hydrogen) atoms. The maximum Gasteiger partial charge on any atom is 0.306 e. The quantitative estimate of drug-likeness (QED) is 0.446. The van der Waals surface area contributed by atoms with Gasteiger partial charge in [0.05, 0.1) is 26.7 Å². The molecule has 0 aliphatic carbocycles. The maximum atomic E-state index is 11.8. The van der Waals surface area contributed by atoms with Crippen molar-refractivity contribution in [2.24, 2.45) is 0 Å². The summed E-state index contributed by atoms with van der Waals surface area (Å²) in [5, 5.41) is 0.348. The van der Waals surface area contributed by atoms with Crippen molar-refractivity contribution in [3.63, 3.8) is 0 Å². The minimum Gasteiger partial charge on any atom is -0.469 e. The number of nitrogens with zero attached hydrogens (tertiary/aromatic N) is 2. The fourth-order valence-corrected chi connectivity index (χ4v) is 3.05. The highest BCUT2D eigenvalue weighted by molar-refractivity contribution is 7.98. The molecule has 1 aliphatic heterocycles. The zero-order valence-corrected chi connectivity index (χ0v) is 13.8. The third-order valence-electron chi connectivity index (χ3n) is 3.05. The highest BCUT2D eigenvalue weighted by Crippen LogP contribution is 2.23. The van der Waals surface area contributed by atoms with Crippen LogP contribution in [0.15, 0.2) is 12.1 Å². The Morgan fingerprint density at radius 3 is 3.09 bits per heavy atom. The van der Waals surface area contributed by atoms with Crippen molar-refractivity contribution >= 4 is 41.1 Å². The molecule has 6 nitrogen and oxygen atoms in total. The van der Waals surface area contributed by atoms with Gasteiger partial charge in [0.1, 0.15) is 17.6 Å². The van der Waals surface area contributed by atoms with Crippen LogP contribution in [-0.2, 0) is 24.8 Å². The number of esters is 1. The molecule has 0 spiro atoms. The van der Waals surface area contributed by atoms with Gasteiger partial charge in [-0.3, -0.25) is 14.5 Å². The van der Waals surface area contributed by atoms with Crippen LogP contribution in [0.1, 0.15) is 12.0 Å². The fraction of sp³-hybridized carbons (Fsp3) is 0.500. The maximum absolute atomic E-state index is 11.8. The first-order valence-electron chi connectivity index (χ1n) is 6.79. The van der Waals surface area contributed by atoms with Gasteiger partial charge in [0.2, 0.25) is 0 Å². The molecule has 1 saturated heterocycles. The van der Waals surface area contributed by atoms with E-state index in [9.17, 15) is 9.59 Å². The van der Waals surface area contributed by atoms with Gasteiger partial charge in [-0.25, -0.2) is 4.98 Å². The highest BCUT2D eigenvalue weighted by atomic mass is 35.5. The van der Waals surface area contributed by atoms with E-state index >= 15 is 0 Å². The third-order valence-corrected chi connectivity index (χ3v) is 4.27. The number of halogens is 1. The van der Waals surface area contributed by atoms with E-state index in [2.05, 4.69) is 9.72 Å². The first-order valence-corrected chi connectivity index (χ1v) is 8.32. The average Bonchev–Trinajstić information content (AvgIpc) is 2.51. The molecule has 1 aromatic rings. The third kappa shape index (κ3) is 4.86. The molecule has 1 aromatic heterocycles. The summed E-state index contributed by atoms with van der Waals surface area (Å²) in [4.78, 5) is 28.7. The molecule has 120 valence electrons. The molecule has 2 rings (SSSR count). The van der Waals surface area contributed by atoms with Crippen LogP contribution in [0.3, 0.4) is 0 Å². The summed E-state index contributed by atoms with van der Waals surface area (Å²) in [6.07, 6.45) is 0.370. The Morgan fingerprint density at radius 1 is 1.55 bits per heavy atom. The molecule has 2 heterocycles. The second kappa shape index (κ2) is 8.36. The van der Waals surface area contributed by atoms with Crippen molar-refractivity contribution in [3.8, 4) is 0 Å². The largest absolute Gasteiger partial charge is 0.469 e. The number of pyridine rings is 1. The van der Waals surface area contributed by atoms with Gasteiger partial charge in [-0.1, -0.05) is 11.6 Å². The molecule has 0 saturated carbocycles. The second-order valence-corrected chi connectivity index (χ2v) is 6.13. The van der Waals surface area contributed by atoms with Crippen LogP contribution in [0, 0.1) is 0 Å². The number of anilines is 1. The summed E-state index contributed by atoms with van der Waals surface area (Å²) < 4.78 is 9.70. The monoisotopic (exact) mass is 344 g/mol. The SMILES string of the molecule is COC(=O)CCSCc1cc(Cl)nc(N2CCOCC2=O)c1. The van der Waals surface area contributed by atoms with Crippen LogP contribution in [0.5, 0.6) is 0 Å². The standard InChI is InChI=1S/C14H17ClN2O4S/c1-20-14(19)2-5-22-9-10-6-11(15)16-12(7-10)17-3-4-21-8-13(17)18/h6-7H,2-5,8-9H2,1H3. The predicted molar refractivity (Wildman–Crippen MR) is 85.2 cm³/mol. The van der Waals surface area contributed by atoms with E-state index in [0.717, 1.165) is 5.56 Å². The first kappa shape index (κ1) is 17.1. The molecule has 0 aromatic carbocycles. The van der Waals surface area contributed by atoms with E-state index in [-0.39, 0.29) is 18.5 Å². The molecule has 1 fully saturated rings. The van der Waals surface area contributed by atoms with Crippen molar-refractivity contribution in [2.75, 3.05) is 37.5 Å². The molecule has 0 bridgehead atoms. The number of ether oxygens (including phenoxy) is 2. The fourth-order valence-electron chi connectivity index (χ4n) is 1.96. The van der Waals surface area contributed by atoms with Gasteiger partial charge < -0.3 is 9.47 Å². The number of amides is 1. The zero-order valence-electron chi connectivity index (χ0n) is 12.2. The molecule has 0 atom stereocenters. The van der Waals surface area contributed by atoms with Gasteiger partial charge in [0.15, 0.2) is 0 Å². The van der Waals surface area contributed by atoms with Gasteiger partial charge in [0.25, 0.3) is 5.91 Å². The molecule has 0 N–H and O–H groups in total. The number of rotatable bonds is 6. The van der Waals surface area contributed by atoms with Crippen LogP contribution >= 0.6 is 23.4 Å². The second-order valence-electron chi connectivity index (χ2n) is 4.63. The van der Waals surface area contributed by atoms with Gasteiger partial charge in [0, 0.05) is 11.5 Å². The Bertz CT molecular complexity index is 556. The predicted octanol–water partition coefficient (Wildman–Crippen LogP) is 1.89. The van der Waals surface area contributed by atoms with E-state index in [0.29, 0.717) is 42.0 Å². The van der Waals surface area contributed by atoms with Crippen molar-refractivity contribution in [2.45, 2.75) is 12.2 Å². The summed E-state index contributed by atoms with van der Waals surface area (Å²) in [6.45, 7) is 1.03. The first-order chi connectivity index (χ1) is 10.6. The number of morpholine rings is 1. The van der Waals surface area contributed by atoms with E-state index in [1.807, 2.05) is 6.07 Å². The molecule has 0 unspecified atom stereocenters. The molecular formula is C14H17ClN2O4S. The normalized spacial score (nSPS) is 15.0. The van der Waals surface area contributed by atoms with Gasteiger partial charge in [-0.15, -0.1) is 0 Å². The number of methoxy groups -OCH3 is 1. The Hall–Kier alpha value is -1.31. The topological polar surface area (TPSA) is 68.7 Å². The van der Waals surface area contributed by atoms with Gasteiger partial charge in [-0.2, -0.15) is 11.8 Å². The van der Waals surface area contributed by atoms with Crippen LogP contribution in [0.25, 0.3) is 0 Å². The Balaban J connectivity index is 1.97. The number of carbonyl (C=O) groups excluding carboxylic acids is 2. The lowest BCUT2D eigenvalue weighted by atomic mass is 10.2. The lowest BCUT2D eigenvalue weighted by Gasteiger charge is -2.26. The molecule has 8 heteroatoms. The van der Waals surface area contributed by atoms with Crippen molar-refractivity contribution in [1.82, 2.24) is 4.98 Å². The van der Waals surface area contributed by atoms with E-state index in [4.69, 9.17) is 16.3 Å². The van der Waals surface area contributed by atoms with E-state index < -0.39 is 0 Å². The van der Waals surface area contributed by atoms with Crippen LogP contribution < -0.4 is 4.90 Å². The Morgan fingerprint density at radius 2 is 2.36 bits per heavy atom. The van der Waals surface area contributed by atoms with Crippen LogP contribution in [0.4, 0.5) is 5.82 Å². The van der Waals surface area contributed by atoms with Crippen molar-refractivity contribution in [1.29, 1.82) is 0 Å². The summed E-state index contributed by atoms with van der Waals surface area (Å²) in [6, 6.07) is 3.61. The number of aromatic nitrogens is 1. The molecular weight excluding hydrogens is 328 g/mol. The minimum absolute atomic E-state index is 0.0669. The van der Waals surface area contributed by atoms with Gasteiger partial charge >= 0.3 is 5.97 Å². The lowest BCUT2D eigenvalue weighted by molar-refractivity contribution is -0.140. The minimum atomic E-state index is -0.222. The number of hydrogen-bond donors (Lipinski definition) is 0. The van der Waals surface area contributed by atoms with Crippen molar-refractivity contribution < 1.29 is 19.1 Å². The van der Waals surface area contributed by atoms with Gasteiger partial charge in [-0.05, 0) is 17.7 Å². The highest BCUT2D eigenvalue weighted by Gasteiger charge is 2.22. The zero-order chi connectivity index (χ0) is 15.9. The molecule has 1 amide bonds. The molecule has 1 aliphatic rings. The smallest absolute Gasteiger partial charge is 0.306 e. The number of carbonyl (C=O) groups is 2. The summed E-state index contributed by atoms with van der Waals surface area (Å²) >= 11 is 7.64. The van der Waals surface area contributed by atoms with Crippen LogP contribution in [-0.4, -0.2) is 49.5 Å². The van der Waals surface area contributed by atoms with Crippen LogP contribution in [0.2, 0.25) is 5.15 Å². The lowest BCUT2D eigenvalue weighted by Crippen LogP contribution is -2.42. The summed E-state index contributed by atoms with van der Waals surface area (Å²) in [7, 11) is 1.38. The Kier molecular flexibility index (Phi) is 6.48. The summed E-state index contributed by atoms with van der Waals surface area (Å²) in [5.41, 5.74) is 0.962. The molecule has 0 radical (unpaired) electrons. The van der Waals surface area contributed by atoms with E-state index in [1.54, 1.807) is 22.7 Å². The number of thioether (sulfide) groups is 1. The summed E-state index contributed by atoms with van der Waals surface area (Å²) in [5.74, 6) is 1.55. The average molecular weight is 345 g/mol. The Labute approximate surface area is 138 Å². The van der Waals surface area contributed by atoms with Crippen molar-refractivity contribution in [3.05, 3.63) is 22.8 Å². The van der Waals surface area contributed by atoms with E-state index in [1.165, 1.54) is 7.11 Å².